The molecule has 1 heterocycles. The van der Waals surface area contributed by atoms with Crippen molar-refractivity contribution in [1.29, 1.82) is 5.26 Å². The van der Waals surface area contributed by atoms with E-state index in [4.69, 9.17) is 9.68 Å². The second-order valence-corrected chi connectivity index (χ2v) is 5.80. The largest absolute Gasteiger partial charge is 0.449 e. The first kappa shape index (κ1) is 12.7. The Kier molecular flexibility index (Phi) is 4.52. The smallest absolute Gasteiger partial charge is 0.203 e. The molecule has 0 aromatic carbocycles. The first-order valence-electron chi connectivity index (χ1n) is 4.88. The molecule has 1 aromatic heterocycles. The van der Waals surface area contributed by atoms with E-state index in [1.165, 1.54) is 6.26 Å². The molecule has 6 heteroatoms. The summed E-state index contributed by atoms with van der Waals surface area (Å²) in [7, 11) is -2.88. The molecule has 0 saturated carbocycles. The van der Waals surface area contributed by atoms with Gasteiger partial charge in [0.05, 0.1) is 12.3 Å². The Morgan fingerprint density at radius 2 is 2.25 bits per heavy atom. The quantitative estimate of drug-likeness (QED) is 0.741. The number of furan rings is 1. The molecule has 16 heavy (non-hydrogen) atoms. The molecule has 0 fully saturated rings. The maximum atomic E-state index is 10.8. The molecule has 0 radical (unpaired) electrons. The standard InChI is InChI=1S/C10H14N2O3S/c1-16(13,14)6-2-5-12-8-10-4-3-9(7-11)15-10/h3-4,12H,2,5-6,8H2,1H3. The van der Waals surface area contributed by atoms with E-state index >= 15 is 0 Å². The Bertz CT molecular complexity index is 470. The monoisotopic (exact) mass is 242 g/mol. The summed E-state index contributed by atoms with van der Waals surface area (Å²) < 4.78 is 26.8. The van der Waals surface area contributed by atoms with Gasteiger partial charge in [0, 0.05) is 6.26 Å². The summed E-state index contributed by atoms with van der Waals surface area (Å²) in [5.41, 5.74) is 0. The Labute approximate surface area is 95.0 Å². The highest BCUT2D eigenvalue weighted by molar-refractivity contribution is 7.90. The van der Waals surface area contributed by atoms with Gasteiger partial charge in [-0.1, -0.05) is 0 Å². The molecule has 5 nitrogen and oxygen atoms in total. The molecule has 1 N–H and O–H groups in total. The van der Waals surface area contributed by atoms with E-state index in [1.807, 2.05) is 6.07 Å². The van der Waals surface area contributed by atoms with Crippen molar-refractivity contribution in [3.05, 3.63) is 23.7 Å². The van der Waals surface area contributed by atoms with Crippen LogP contribution in [0.25, 0.3) is 0 Å². The molecular weight excluding hydrogens is 228 g/mol. The average Bonchev–Trinajstić information content (AvgIpc) is 2.63. The zero-order chi connectivity index (χ0) is 12.0. The third-order valence-corrected chi connectivity index (χ3v) is 2.97. The van der Waals surface area contributed by atoms with Crippen molar-refractivity contribution in [3.8, 4) is 6.07 Å². The Hall–Kier alpha value is -1.32. The molecular formula is C10H14N2O3S. The van der Waals surface area contributed by atoms with Gasteiger partial charge in [-0.25, -0.2) is 8.42 Å². The zero-order valence-corrected chi connectivity index (χ0v) is 9.88. The van der Waals surface area contributed by atoms with Crippen LogP contribution in [0.4, 0.5) is 0 Å². The molecule has 0 amide bonds. The van der Waals surface area contributed by atoms with Crippen LogP contribution in [-0.2, 0) is 16.4 Å². The number of hydrogen-bond acceptors (Lipinski definition) is 5. The molecule has 0 aliphatic carbocycles. The molecule has 0 aliphatic rings. The van der Waals surface area contributed by atoms with Crippen molar-refractivity contribution in [2.75, 3.05) is 18.6 Å². The van der Waals surface area contributed by atoms with Crippen LogP contribution in [0.1, 0.15) is 17.9 Å². The second-order valence-electron chi connectivity index (χ2n) is 3.54. The average molecular weight is 242 g/mol. The summed E-state index contributed by atoms with van der Waals surface area (Å²) in [4.78, 5) is 0. The Morgan fingerprint density at radius 1 is 1.50 bits per heavy atom. The fraction of sp³-hybridized carbons (Fsp3) is 0.500. The van der Waals surface area contributed by atoms with Gasteiger partial charge < -0.3 is 9.73 Å². The van der Waals surface area contributed by atoms with Crippen molar-refractivity contribution < 1.29 is 12.8 Å². The first-order chi connectivity index (χ1) is 7.51. The van der Waals surface area contributed by atoms with E-state index in [1.54, 1.807) is 12.1 Å². The first-order valence-corrected chi connectivity index (χ1v) is 6.94. The molecule has 0 aliphatic heterocycles. The van der Waals surface area contributed by atoms with Crippen LogP contribution in [0.5, 0.6) is 0 Å². The van der Waals surface area contributed by atoms with Gasteiger partial charge in [0.15, 0.2) is 0 Å². The van der Waals surface area contributed by atoms with Gasteiger partial charge in [0.1, 0.15) is 21.7 Å². The lowest BCUT2D eigenvalue weighted by Crippen LogP contribution is -2.17. The molecule has 0 spiro atoms. The number of nitrogens with zero attached hydrogens (tertiary/aromatic N) is 1. The molecule has 0 atom stereocenters. The minimum atomic E-state index is -2.88. The molecule has 1 aromatic rings. The van der Waals surface area contributed by atoms with Gasteiger partial charge in [-0.15, -0.1) is 0 Å². The predicted molar refractivity (Wildman–Crippen MR) is 59.5 cm³/mol. The number of nitrogens with one attached hydrogen (secondary N) is 1. The highest BCUT2D eigenvalue weighted by atomic mass is 32.2. The fourth-order valence-corrected chi connectivity index (χ4v) is 1.87. The van der Waals surface area contributed by atoms with Gasteiger partial charge in [0.25, 0.3) is 0 Å². The van der Waals surface area contributed by atoms with Gasteiger partial charge in [0.2, 0.25) is 5.76 Å². The highest BCUT2D eigenvalue weighted by Crippen LogP contribution is 2.05. The maximum Gasteiger partial charge on any atom is 0.203 e. The Morgan fingerprint density at radius 3 is 2.81 bits per heavy atom. The van der Waals surface area contributed by atoms with Crippen LogP contribution in [0, 0.1) is 11.3 Å². The lowest BCUT2D eigenvalue weighted by atomic mass is 10.4. The van der Waals surface area contributed by atoms with E-state index in [0.29, 0.717) is 25.3 Å². The number of rotatable bonds is 6. The van der Waals surface area contributed by atoms with Gasteiger partial charge in [-0.2, -0.15) is 5.26 Å². The van der Waals surface area contributed by atoms with Crippen LogP contribution in [0.3, 0.4) is 0 Å². The van der Waals surface area contributed by atoms with Crippen LogP contribution >= 0.6 is 0 Å². The van der Waals surface area contributed by atoms with Crippen molar-refractivity contribution in [3.63, 3.8) is 0 Å². The lowest BCUT2D eigenvalue weighted by molar-refractivity contribution is 0.474. The summed E-state index contributed by atoms with van der Waals surface area (Å²) in [6.07, 6.45) is 1.80. The van der Waals surface area contributed by atoms with E-state index < -0.39 is 9.84 Å². The second kappa shape index (κ2) is 5.68. The van der Waals surface area contributed by atoms with Crippen LogP contribution in [-0.4, -0.2) is 27.0 Å². The van der Waals surface area contributed by atoms with Crippen molar-refractivity contribution in [2.24, 2.45) is 0 Å². The predicted octanol–water partition coefficient (Wildman–Crippen LogP) is 0.676. The number of sulfone groups is 1. The van der Waals surface area contributed by atoms with Crippen LogP contribution in [0.2, 0.25) is 0 Å². The van der Waals surface area contributed by atoms with E-state index in [0.717, 1.165) is 0 Å². The minimum Gasteiger partial charge on any atom is -0.449 e. The normalized spacial score (nSPS) is 11.2. The van der Waals surface area contributed by atoms with E-state index in [-0.39, 0.29) is 11.5 Å². The fourth-order valence-electron chi connectivity index (χ4n) is 1.20. The van der Waals surface area contributed by atoms with Crippen molar-refractivity contribution in [1.82, 2.24) is 5.32 Å². The van der Waals surface area contributed by atoms with Gasteiger partial charge >= 0.3 is 0 Å². The topological polar surface area (TPSA) is 83.1 Å². The van der Waals surface area contributed by atoms with Gasteiger partial charge in [-0.05, 0) is 25.1 Å². The maximum absolute atomic E-state index is 10.8. The molecule has 0 unspecified atom stereocenters. The SMILES string of the molecule is CS(=O)(=O)CCCNCc1ccc(C#N)o1. The van der Waals surface area contributed by atoms with Crippen LogP contribution < -0.4 is 5.32 Å². The summed E-state index contributed by atoms with van der Waals surface area (Å²) in [5, 5.41) is 11.6. The summed E-state index contributed by atoms with van der Waals surface area (Å²) in [6.45, 7) is 1.11. The molecule has 88 valence electrons. The zero-order valence-electron chi connectivity index (χ0n) is 9.06. The summed E-state index contributed by atoms with van der Waals surface area (Å²) in [6, 6.07) is 5.22. The minimum absolute atomic E-state index is 0.182. The third kappa shape index (κ3) is 4.96. The number of nitriles is 1. The van der Waals surface area contributed by atoms with Crippen molar-refractivity contribution >= 4 is 9.84 Å². The van der Waals surface area contributed by atoms with Gasteiger partial charge in [-0.3, -0.25) is 0 Å². The molecule has 0 bridgehead atoms. The summed E-state index contributed by atoms with van der Waals surface area (Å²) in [5.74, 6) is 1.14. The Balaban J connectivity index is 2.19. The van der Waals surface area contributed by atoms with E-state index in [2.05, 4.69) is 5.32 Å². The van der Waals surface area contributed by atoms with Crippen molar-refractivity contribution in [2.45, 2.75) is 13.0 Å². The number of hydrogen-bond donors (Lipinski definition) is 1. The third-order valence-electron chi connectivity index (χ3n) is 1.94. The molecule has 1 rings (SSSR count). The lowest BCUT2D eigenvalue weighted by Gasteiger charge is -2.01. The molecule has 0 saturated heterocycles. The highest BCUT2D eigenvalue weighted by Gasteiger charge is 2.02. The van der Waals surface area contributed by atoms with Crippen LogP contribution in [0.15, 0.2) is 16.5 Å². The van der Waals surface area contributed by atoms with E-state index in [9.17, 15) is 8.42 Å². The summed E-state index contributed by atoms with van der Waals surface area (Å²) >= 11 is 0.